The maximum Gasteiger partial charge on any atom is 0.488 e. The lowest BCUT2D eigenvalue weighted by Crippen LogP contribution is -2.54. The summed E-state index contributed by atoms with van der Waals surface area (Å²) in [6.45, 7) is 9.03. The van der Waals surface area contributed by atoms with E-state index in [1.807, 2.05) is 13.8 Å². The van der Waals surface area contributed by atoms with Crippen LogP contribution >= 0.6 is 0 Å². The normalized spacial score (nSPS) is 12.2. The van der Waals surface area contributed by atoms with Crippen molar-refractivity contribution >= 4 is 43.1 Å². The van der Waals surface area contributed by atoms with Gasteiger partial charge in [-0.1, -0.05) is 62.4 Å². The third-order valence-corrected chi connectivity index (χ3v) is 5.25. The molecule has 212 valence electrons. The Labute approximate surface area is 229 Å². The molecule has 0 saturated carbocycles. The number of alkyl carbamates (subject to hydrolysis) is 1. The van der Waals surface area contributed by atoms with Crippen LogP contribution in [0.25, 0.3) is 0 Å². The van der Waals surface area contributed by atoms with Gasteiger partial charge < -0.3 is 40.2 Å². The number of carbonyl (C=O) groups excluding carboxylic acids is 3. The highest BCUT2D eigenvalue weighted by molar-refractivity contribution is 6.58. The number of hydrogen-bond acceptors (Lipinski definition) is 9. The molecular weight excluding hydrogens is 506 g/mol. The molecule has 0 fully saturated rings. The molecule has 2 rings (SSSR count). The van der Waals surface area contributed by atoms with Gasteiger partial charge in [0.15, 0.2) is 0 Å². The van der Waals surface area contributed by atoms with Crippen LogP contribution in [0.15, 0.2) is 48.5 Å². The second-order valence-corrected chi connectivity index (χ2v) is 9.42. The topological polar surface area (TPSA) is 175 Å². The van der Waals surface area contributed by atoms with Gasteiger partial charge in [0, 0.05) is 12.8 Å². The van der Waals surface area contributed by atoms with Crippen LogP contribution < -0.4 is 21.6 Å². The van der Waals surface area contributed by atoms with Crippen LogP contribution in [0.4, 0.5) is 4.79 Å². The second kappa shape index (κ2) is 15.9. The Bertz CT molecular complexity index is 1060. The zero-order chi connectivity index (χ0) is 29.8. The van der Waals surface area contributed by atoms with E-state index in [0.717, 1.165) is 0 Å². The monoisotopic (exact) mass is 544 g/mol. The van der Waals surface area contributed by atoms with Crippen molar-refractivity contribution in [2.75, 3.05) is 7.11 Å². The van der Waals surface area contributed by atoms with Crippen LogP contribution in [0.5, 0.6) is 0 Å². The van der Waals surface area contributed by atoms with Crippen molar-refractivity contribution in [1.82, 2.24) is 10.6 Å². The summed E-state index contributed by atoms with van der Waals surface area (Å²) in [4.78, 5) is 38.1. The maximum atomic E-state index is 13.3. The van der Waals surface area contributed by atoms with Crippen LogP contribution in [0.2, 0.25) is 0 Å². The lowest BCUT2D eigenvalue weighted by molar-refractivity contribution is -0.145. The number of rotatable bonds is 10. The SMILES string of the molecule is CC.COC(=O)[C@H](Cc1ccc(B(O)O)cc1)NC(=O)C(Cc1ccc(B(O)O)cc1)NC(=O)OC(C)(C)C. The molecule has 0 aromatic heterocycles. The van der Waals surface area contributed by atoms with Crippen molar-refractivity contribution in [3.8, 4) is 0 Å². The van der Waals surface area contributed by atoms with E-state index in [1.54, 1.807) is 45.0 Å². The second-order valence-electron chi connectivity index (χ2n) is 9.42. The molecule has 2 amide bonds. The van der Waals surface area contributed by atoms with E-state index < -0.39 is 49.9 Å². The van der Waals surface area contributed by atoms with Crippen LogP contribution in [-0.2, 0) is 31.9 Å². The van der Waals surface area contributed by atoms with Gasteiger partial charge in [0.05, 0.1) is 7.11 Å². The standard InChI is InChI=1S/C24H32B2N2O9.C2H6/c1-24(2,3)37-23(31)28-19(13-15-5-9-17(10-6-15)25(32)33)21(29)27-20(22(30)36-4)14-16-7-11-18(12-8-16)26(34)35;1-2/h5-12,19-20,32-35H,13-14H2,1-4H3,(H,27,29)(H,28,31);1-2H3/t19?,20-;/m0./s1. The summed E-state index contributed by atoms with van der Waals surface area (Å²) < 4.78 is 10.1. The number of methoxy groups -OCH3 is 1. The fraction of sp³-hybridized carbons (Fsp3) is 0.423. The van der Waals surface area contributed by atoms with Crippen LogP contribution in [0, 0.1) is 0 Å². The highest BCUT2D eigenvalue weighted by atomic mass is 16.6. The van der Waals surface area contributed by atoms with E-state index >= 15 is 0 Å². The summed E-state index contributed by atoms with van der Waals surface area (Å²) in [5.74, 6) is -1.38. The van der Waals surface area contributed by atoms with Crippen molar-refractivity contribution < 1.29 is 44.0 Å². The molecule has 2 aromatic rings. The Hall–Kier alpha value is -3.38. The largest absolute Gasteiger partial charge is 0.488 e. The number of benzene rings is 2. The van der Waals surface area contributed by atoms with E-state index in [1.165, 1.54) is 31.4 Å². The molecule has 39 heavy (non-hydrogen) atoms. The summed E-state index contributed by atoms with van der Waals surface area (Å²) in [6.07, 6.45) is -0.769. The minimum atomic E-state index is -1.65. The zero-order valence-electron chi connectivity index (χ0n) is 23.2. The minimum Gasteiger partial charge on any atom is -0.467 e. The maximum absolute atomic E-state index is 13.3. The van der Waals surface area contributed by atoms with Crippen molar-refractivity contribution in [3.63, 3.8) is 0 Å². The van der Waals surface area contributed by atoms with Gasteiger partial charge >= 0.3 is 26.3 Å². The lowest BCUT2D eigenvalue weighted by Gasteiger charge is -2.25. The molecule has 0 aliphatic rings. The molecule has 2 atom stereocenters. The molecule has 0 bridgehead atoms. The number of carbonyl (C=O) groups is 3. The molecule has 0 aliphatic heterocycles. The number of nitrogens with one attached hydrogen (secondary N) is 2. The Kier molecular flexibility index (Phi) is 13.7. The average molecular weight is 544 g/mol. The van der Waals surface area contributed by atoms with Crippen molar-refractivity contribution in [2.45, 2.75) is 65.1 Å². The molecule has 0 saturated heterocycles. The summed E-state index contributed by atoms with van der Waals surface area (Å²) in [6, 6.07) is 10.0. The summed E-state index contributed by atoms with van der Waals surface area (Å²) in [7, 11) is -2.11. The first kappa shape index (κ1) is 33.6. The first-order valence-electron chi connectivity index (χ1n) is 12.6. The molecule has 13 heteroatoms. The highest BCUT2D eigenvalue weighted by Crippen LogP contribution is 2.10. The first-order chi connectivity index (χ1) is 18.3. The van der Waals surface area contributed by atoms with E-state index in [4.69, 9.17) is 9.47 Å². The van der Waals surface area contributed by atoms with Crippen LogP contribution in [0.1, 0.15) is 45.7 Å². The van der Waals surface area contributed by atoms with Crippen molar-refractivity contribution in [1.29, 1.82) is 0 Å². The van der Waals surface area contributed by atoms with Gasteiger partial charge in [-0.3, -0.25) is 4.79 Å². The third-order valence-electron chi connectivity index (χ3n) is 5.25. The summed E-state index contributed by atoms with van der Waals surface area (Å²) in [5.41, 5.74) is 0.940. The first-order valence-corrected chi connectivity index (χ1v) is 12.6. The molecule has 0 heterocycles. The van der Waals surface area contributed by atoms with E-state index in [9.17, 15) is 34.5 Å². The molecule has 0 radical (unpaired) electrons. The predicted octanol–water partition coefficient (Wildman–Crippen LogP) is -0.591. The minimum absolute atomic E-state index is 0.0177. The Morgan fingerprint density at radius 2 is 1.18 bits per heavy atom. The van der Waals surface area contributed by atoms with Crippen LogP contribution in [-0.4, -0.2) is 77.1 Å². The molecule has 0 aliphatic carbocycles. The van der Waals surface area contributed by atoms with Gasteiger partial charge in [-0.25, -0.2) is 9.59 Å². The molecule has 11 nitrogen and oxygen atoms in total. The van der Waals surface area contributed by atoms with Gasteiger partial charge in [0.25, 0.3) is 0 Å². The fourth-order valence-electron chi connectivity index (χ4n) is 3.39. The highest BCUT2D eigenvalue weighted by Gasteiger charge is 2.29. The van der Waals surface area contributed by atoms with Crippen LogP contribution in [0.3, 0.4) is 0 Å². The van der Waals surface area contributed by atoms with Crippen molar-refractivity contribution in [2.24, 2.45) is 0 Å². The smallest absolute Gasteiger partial charge is 0.467 e. The Balaban J connectivity index is 0.00000371. The molecular formula is C26H38B2N2O9. The van der Waals surface area contributed by atoms with Gasteiger partial charge in [0.1, 0.15) is 17.7 Å². The Morgan fingerprint density at radius 1 is 0.769 bits per heavy atom. The molecule has 0 spiro atoms. The predicted molar refractivity (Wildman–Crippen MR) is 148 cm³/mol. The number of hydrogen-bond donors (Lipinski definition) is 6. The van der Waals surface area contributed by atoms with E-state index in [-0.39, 0.29) is 23.8 Å². The number of ether oxygens (including phenoxy) is 2. The Morgan fingerprint density at radius 3 is 1.54 bits per heavy atom. The van der Waals surface area contributed by atoms with Crippen molar-refractivity contribution in [3.05, 3.63) is 59.7 Å². The lowest BCUT2D eigenvalue weighted by atomic mass is 9.80. The number of esters is 1. The molecule has 6 N–H and O–H groups in total. The molecule has 1 unspecified atom stereocenters. The van der Waals surface area contributed by atoms with Gasteiger partial charge in [-0.15, -0.1) is 0 Å². The van der Waals surface area contributed by atoms with Gasteiger partial charge in [0.2, 0.25) is 5.91 Å². The van der Waals surface area contributed by atoms with Gasteiger partial charge in [-0.05, 0) is 42.8 Å². The molecule has 2 aromatic carbocycles. The van der Waals surface area contributed by atoms with E-state index in [2.05, 4.69) is 10.6 Å². The zero-order valence-corrected chi connectivity index (χ0v) is 23.2. The average Bonchev–Trinajstić information content (AvgIpc) is 2.88. The third kappa shape index (κ3) is 11.9. The quantitative estimate of drug-likeness (QED) is 0.169. The van der Waals surface area contributed by atoms with Gasteiger partial charge in [-0.2, -0.15) is 0 Å². The number of amides is 2. The summed E-state index contributed by atoms with van der Waals surface area (Å²) in [5, 5.41) is 42.3. The summed E-state index contributed by atoms with van der Waals surface area (Å²) >= 11 is 0. The fourth-order valence-corrected chi connectivity index (χ4v) is 3.39. The van der Waals surface area contributed by atoms with E-state index in [0.29, 0.717) is 11.1 Å².